The molecule has 0 aromatic rings. The summed E-state index contributed by atoms with van der Waals surface area (Å²) in [4.78, 5) is 18.7. The molecule has 0 radical (unpaired) electrons. The Morgan fingerprint density at radius 1 is 1.47 bits per heavy atom. The Morgan fingerprint density at radius 3 is 2.68 bits per heavy atom. The molecular weight excluding hydrogens is 240 g/mol. The van der Waals surface area contributed by atoms with Crippen LogP contribution in [0.3, 0.4) is 0 Å². The Balaban J connectivity index is 2.03. The van der Waals surface area contributed by atoms with Crippen LogP contribution in [0.2, 0.25) is 0 Å². The third kappa shape index (κ3) is 3.08. The number of rotatable bonds is 4. The van der Waals surface area contributed by atoms with Gasteiger partial charge in [0, 0.05) is 6.54 Å². The molecule has 2 heterocycles. The van der Waals surface area contributed by atoms with Gasteiger partial charge < -0.3 is 11.1 Å². The fraction of sp³-hybridized carbons (Fsp3) is 0.857. The van der Waals surface area contributed by atoms with Gasteiger partial charge in [0.05, 0.1) is 0 Å². The van der Waals surface area contributed by atoms with Crippen LogP contribution in [0.25, 0.3) is 0 Å². The number of hydrogen-bond donors (Lipinski definition) is 2. The smallest absolute Gasteiger partial charge is 0.257 e. The van der Waals surface area contributed by atoms with Crippen molar-refractivity contribution in [1.82, 2.24) is 10.2 Å². The van der Waals surface area contributed by atoms with Gasteiger partial charge in [-0.15, -0.1) is 0 Å². The molecule has 5 heteroatoms. The average Bonchev–Trinajstić information content (AvgIpc) is 2.53. The molecule has 0 aromatic heterocycles. The topological polar surface area (TPSA) is 70.7 Å². The summed E-state index contributed by atoms with van der Waals surface area (Å²) in [6.07, 6.45) is 2.98. The molecule has 3 N–H and O–H groups in total. The average molecular weight is 266 g/mol. The first-order chi connectivity index (χ1) is 8.92. The van der Waals surface area contributed by atoms with Crippen molar-refractivity contribution in [2.75, 3.05) is 19.6 Å². The molecule has 19 heavy (non-hydrogen) atoms. The summed E-state index contributed by atoms with van der Waals surface area (Å²) in [5.74, 6) is 1.47. The molecule has 1 atom stereocenters. The molecule has 0 aromatic carbocycles. The summed E-state index contributed by atoms with van der Waals surface area (Å²) in [6.45, 7) is 8.92. The highest BCUT2D eigenvalue weighted by Gasteiger charge is 2.44. The number of aliphatic imine (C=N–C) groups is 1. The van der Waals surface area contributed by atoms with Crippen molar-refractivity contribution in [3.63, 3.8) is 0 Å². The lowest BCUT2D eigenvalue weighted by atomic mass is 9.90. The summed E-state index contributed by atoms with van der Waals surface area (Å²) in [7, 11) is 0. The van der Waals surface area contributed by atoms with E-state index in [2.05, 4.69) is 24.2 Å². The first kappa shape index (κ1) is 14.3. The highest BCUT2D eigenvalue weighted by atomic mass is 16.2. The van der Waals surface area contributed by atoms with Crippen LogP contribution < -0.4 is 11.1 Å². The number of piperidine rings is 1. The molecule has 1 fully saturated rings. The van der Waals surface area contributed by atoms with Crippen molar-refractivity contribution >= 4 is 11.9 Å². The maximum Gasteiger partial charge on any atom is 0.257 e. The summed E-state index contributed by atoms with van der Waals surface area (Å²) in [6, 6.07) is 0. The molecule has 0 saturated carbocycles. The predicted molar refractivity (Wildman–Crippen MR) is 76.8 cm³/mol. The van der Waals surface area contributed by atoms with Gasteiger partial charge >= 0.3 is 0 Å². The number of carbonyl (C=O) groups excluding carboxylic acids is 1. The quantitative estimate of drug-likeness (QED) is 0.796. The molecule has 2 aliphatic rings. The fourth-order valence-electron chi connectivity index (χ4n) is 3.18. The van der Waals surface area contributed by atoms with E-state index in [-0.39, 0.29) is 5.91 Å². The molecule has 2 rings (SSSR count). The van der Waals surface area contributed by atoms with Crippen LogP contribution in [-0.4, -0.2) is 41.9 Å². The molecular formula is C14H26N4O. The lowest BCUT2D eigenvalue weighted by molar-refractivity contribution is -0.131. The highest BCUT2D eigenvalue weighted by molar-refractivity contribution is 6.06. The molecule has 1 amide bonds. The van der Waals surface area contributed by atoms with E-state index < -0.39 is 5.54 Å². The number of guanidine groups is 1. The van der Waals surface area contributed by atoms with Gasteiger partial charge in [0.1, 0.15) is 5.54 Å². The second-order valence-electron chi connectivity index (χ2n) is 6.45. The van der Waals surface area contributed by atoms with Gasteiger partial charge in [0.25, 0.3) is 5.91 Å². The first-order valence-electron chi connectivity index (χ1n) is 7.30. The van der Waals surface area contributed by atoms with E-state index in [1.165, 1.54) is 0 Å². The van der Waals surface area contributed by atoms with Gasteiger partial charge in [0.15, 0.2) is 5.96 Å². The second-order valence-corrected chi connectivity index (χ2v) is 6.45. The third-order valence-electron chi connectivity index (χ3n) is 4.05. The summed E-state index contributed by atoms with van der Waals surface area (Å²) in [5, 5.41) is 3.34. The molecule has 5 nitrogen and oxygen atoms in total. The van der Waals surface area contributed by atoms with Crippen LogP contribution in [0.1, 0.15) is 40.0 Å². The van der Waals surface area contributed by atoms with E-state index in [4.69, 9.17) is 5.73 Å². The Bertz CT molecular complexity index is 374. The SMILES string of the molecule is CC(C)CC1(C)N=C(N)N(CC2CCNCC2)C1=O. The van der Waals surface area contributed by atoms with Gasteiger partial charge in [-0.05, 0) is 51.1 Å². The monoisotopic (exact) mass is 266 g/mol. The van der Waals surface area contributed by atoms with Crippen LogP contribution in [0.15, 0.2) is 4.99 Å². The van der Waals surface area contributed by atoms with Crippen molar-refractivity contribution in [3.05, 3.63) is 0 Å². The molecule has 0 spiro atoms. The highest BCUT2D eigenvalue weighted by Crippen LogP contribution is 2.29. The minimum absolute atomic E-state index is 0.0808. The summed E-state index contributed by atoms with van der Waals surface area (Å²) < 4.78 is 0. The molecule has 1 unspecified atom stereocenters. The molecule has 2 aliphatic heterocycles. The minimum Gasteiger partial charge on any atom is -0.369 e. The Kier molecular flexibility index (Phi) is 4.13. The van der Waals surface area contributed by atoms with Gasteiger partial charge in [-0.3, -0.25) is 9.69 Å². The molecule has 0 aliphatic carbocycles. The van der Waals surface area contributed by atoms with Crippen LogP contribution >= 0.6 is 0 Å². The van der Waals surface area contributed by atoms with Crippen LogP contribution in [0.5, 0.6) is 0 Å². The number of nitrogens with one attached hydrogen (secondary N) is 1. The van der Waals surface area contributed by atoms with E-state index in [0.717, 1.165) is 38.9 Å². The van der Waals surface area contributed by atoms with Crippen LogP contribution in [0.4, 0.5) is 0 Å². The number of nitrogens with two attached hydrogens (primary N) is 1. The van der Waals surface area contributed by atoms with Crippen LogP contribution in [-0.2, 0) is 4.79 Å². The van der Waals surface area contributed by atoms with E-state index >= 15 is 0 Å². The first-order valence-corrected chi connectivity index (χ1v) is 7.30. The van der Waals surface area contributed by atoms with Crippen molar-refractivity contribution in [1.29, 1.82) is 0 Å². The van der Waals surface area contributed by atoms with E-state index in [1.807, 2.05) is 6.92 Å². The summed E-state index contributed by atoms with van der Waals surface area (Å²) >= 11 is 0. The maximum absolute atomic E-state index is 12.6. The van der Waals surface area contributed by atoms with Crippen molar-refractivity contribution in [3.8, 4) is 0 Å². The standard InChI is InChI=1S/C14H26N4O/c1-10(2)8-14(3)12(19)18(13(15)17-14)9-11-4-6-16-7-5-11/h10-11,16H,4-9H2,1-3H3,(H2,15,17). The van der Waals surface area contributed by atoms with Crippen LogP contribution in [0, 0.1) is 11.8 Å². The normalized spacial score (nSPS) is 29.2. The number of nitrogens with zero attached hydrogens (tertiary/aromatic N) is 2. The lowest BCUT2D eigenvalue weighted by Gasteiger charge is -2.29. The lowest BCUT2D eigenvalue weighted by Crippen LogP contribution is -2.46. The number of hydrogen-bond acceptors (Lipinski definition) is 4. The van der Waals surface area contributed by atoms with Gasteiger partial charge in [-0.1, -0.05) is 13.8 Å². The zero-order chi connectivity index (χ0) is 14.0. The molecule has 1 saturated heterocycles. The van der Waals surface area contributed by atoms with E-state index in [9.17, 15) is 4.79 Å². The minimum atomic E-state index is -0.648. The number of carbonyl (C=O) groups is 1. The Hall–Kier alpha value is -1.10. The molecule has 108 valence electrons. The van der Waals surface area contributed by atoms with Crippen molar-refractivity contribution in [2.45, 2.75) is 45.6 Å². The fourth-order valence-corrected chi connectivity index (χ4v) is 3.18. The Labute approximate surface area is 115 Å². The predicted octanol–water partition coefficient (Wildman–Crippen LogP) is 0.948. The third-order valence-corrected chi connectivity index (χ3v) is 4.05. The zero-order valence-corrected chi connectivity index (χ0v) is 12.3. The van der Waals surface area contributed by atoms with Gasteiger partial charge in [0.2, 0.25) is 0 Å². The second kappa shape index (κ2) is 5.49. The van der Waals surface area contributed by atoms with E-state index in [1.54, 1.807) is 4.90 Å². The van der Waals surface area contributed by atoms with E-state index in [0.29, 0.717) is 17.8 Å². The summed E-state index contributed by atoms with van der Waals surface area (Å²) in [5.41, 5.74) is 5.33. The van der Waals surface area contributed by atoms with Crippen molar-refractivity contribution in [2.24, 2.45) is 22.6 Å². The van der Waals surface area contributed by atoms with Crippen molar-refractivity contribution < 1.29 is 4.79 Å². The van der Waals surface area contributed by atoms with Gasteiger partial charge in [-0.25, -0.2) is 4.99 Å². The maximum atomic E-state index is 12.6. The Morgan fingerprint density at radius 2 is 2.11 bits per heavy atom. The molecule has 0 bridgehead atoms. The number of amides is 1. The largest absolute Gasteiger partial charge is 0.369 e. The zero-order valence-electron chi connectivity index (χ0n) is 12.3. The van der Waals surface area contributed by atoms with Gasteiger partial charge in [-0.2, -0.15) is 0 Å².